The van der Waals surface area contributed by atoms with Gasteiger partial charge >= 0.3 is 23.9 Å². The average molecular weight is 621 g/mol. The van der Waals surface area contributed by atoms with Crippen LogP contribution in [0, 0.1) is 40.4 Å². The van der Waals surface area contributed by atoms with E-state index < -0.39 is 53.3 Å². The lowest BCUT2D eigenvalue weighted by atomic mass is 9.49. The highest BCUT2D eigenvalue weighted by Crippen LogP contribution is 2.67. The first-order valence-corrected chi connectivity index (χ1v) is 16.6. The summed E-state index contributed by atoms with van der Waals surface area (Å²) >= 11 is 0. The molecule has 0 heterocycles. The second kappa shape index (κ2) is 14.3. The van der Waals surface area contributed by atoms with Crippen molar-refractivity contribution in [1.29, 1.82) is 0 Å². The number of carbonyl (C=O) groups is 4. The zero-order valence-corrected chi connectivity index (χ0v) is 28.5. The van der Waals surface area contributed by atoms with Gasteiger partial charge in [0.25, 0.3) is 0 Å². The minimum Gasteiger partial charge on any atom is -0.462 e. The van der Waals surface area contributed by atoms with Crippen molar-refractivity contribution in [1.82, 2.24) is 0 Å². The molecule has 3 aliphatic carbocycles. The Morgan fingerprint density at radius 1 is 0.886 bits per heavy atom. The van der Waals surface area contributed by atoms with Crippen molar-refractivity contribution in [2.45, 2.75) is 145 Å². The van der Waals surface area contributed by atoms with E-state index in [1.165, 1.54) is 6.92 Å². The van der Waals surface area contributed by atoms with E-state index in [1.807, 2.05) is 41.5 Å². The fraction of sp³-hybridized carbons (Fsp3) is 0.829. The van der Waals surface area contributed by atoms with E-state index in [2.05, 4.69) is 26.8 Å². The number of fused-ring (bicyclic) bond motifs is 3. The van der Waals surface area contributed by atoms with Crippen LogP contribution < -0.4 is 0 Å². The van der Waals surface area contributed by atoms with Crippen LogP contribution in [0.15, 0.2) is 11.6 Å². The molecular weight excluding hydrogens is 564 g/mol. The van der Waals surface area contributed by atoms with E-state index in [1.54, 1.807) is 0 Å². The summed E-state index contributed by atoms with van der Waals surface area (Å²) in [5.74, 6) is -1.93. The van der Waals surface area contributed by atoms with Crippen LogP contribution in [-0.4, -0.2) is 59.5 Å². The Morgan fingerprint density at radius 3 is 2.00 bits per heavy atom. The van der Waals surface area contributed by atoms with Gasteiger partial charge in [0.05, 0.1) is 0 Å². The Morgan fingerprint density at radius 2 is 1.48 bits per heavy atom. The molecule has 0 aromatic rings. The minimum atomic E-state index is -1.20. The molecule has 0 radical (unpaired) electrons. The van der Waals surface area contributed by atoms with Gasteiger partial charge in [-0.15, -0.1) is 0 Å². The van der Waals surface area contributed by atoms with Crippen molar-refractivity contribution < 1.29 is 43.2 Å². The van der Waals surface area contributed by atoms with Crippen LogP contribution in [0.3, 0.4) is 0 Å². The highest BCUT2D eigenvalue weighted by atomic mass is 16.6. The van der Waals surface area contributed by atoms with Crippen LogP contribution in [0.2, 0.25) is 0 Å². The maximum atomic E-state index is 13.3. The van der Waals surface area contributed by atoms with Crippen LogP contribution in [-0.2, 0) is 38.1 Å². The standard InChI is InChI=1S/C35H56O9/c1-11-13-26(37)42-24-17-35(10)25(43-28(39)15-19(3)4)18-34(9)23(30(35)29(24)20(5)6)16-21(7)31(40)32(41-22(8)36)33(34)44-27(38)14-12-2/h16,19-20,23-25,29-33,40H,11-15,17-18H2,1-10H3/t23-,24+,25+,29+,30+,31+,32+,33-,34-,35+/m1/s1. The van der Waals surface area contributed by atoms with Gasteiger partial charge in [-0.1, -0.05) is 61.5 Å². The number of allylic oxidation sites excluding steroid dienone is 1. The monoisotopic (exact) mass is 620 g/mol. The fourth-order valence-corrected chi connectivity index (χ4v) is 8.37. The van der Waals surface area contributed by atoms with E-state index in [0.717, 1.165) is 0 Å². The first-order chi connectivity index (χ1) is 20.5. The molecule has 0 amide bonds. The lowest BCUT2D eigenvalue weighted by Crippen LogP contribution is -2.61. The molecule has 3 aliphatic rings. The van der Waals surface area contributed by atoms with Crippen molar-refractivity contribution in [2.75, 3.05) is 0 Å². The number of ether oxygens (including phenoxy) is 4. The Kier molecular flexibility index (Phi) is 11.8. The number of hydrogen-bond acceptors (Lipinski definition) is 9. The predicted octanol–water partition coefficient (Wildman–Crippen LogP) is 5.95. The largest absolute Gasteiger partial charge is 0.462 e. The lowest BCUT2D eigenvalue weighted by molar-refractivity contribution is -0.216. The van der Waals surface area contributed by atoms with E-state index in [4.69, 9.17) is 18.9 Å². The fourth-order valence-electron chi connectivity index (χ4n) is 8.37. The molecule has 0 spiro atoms. The van der Waals surface area contributed by atoms with Gasteiger partial charge in [-0.05, 0) is 61.9 Å². The lowest BCUT2D eigenvalue weighted by Gasteiger charge is -2.57. The summed E-state index contributed by atoms with van der Waals surface area (Å²) in [5.41, 5.74) is -0.859. The van der Waals surface area contributed by atoms with Gasteiger partial charge in [0.1, 0.15) is 24.4 Å². The quantitative estimate of drug-likeness (QED) is 0.170. The molecule has 0 aliphatic heterocycles. The van der Waals surface area contributed by atoms with Gasteiger partial charge in [-0.25, -0.2) is 0 Å². The van der Waals surface area contributed by atoms with Crippen LogP contribution >= 0.6 is 0 Å². The van der Waals surface area contributed by atoms with E-state index in [9.17, 15) is 24.3 Å². The second-order valence-electron chi connectivity index (χ2n) is 14.7. The maximum absolute atomic E-state index is 13.3. The van der Waals surface area contributed by atoms with E-state index >= 15 is 0 Å². The van der Waals surface area contributed by atoms with Gasteiger partial charge in [0, 0.05) is 42.9 Å². The predicted molar refractivity (Wildman–Crippen MR) is 165 cm³/mol. The van der Waals surface area contributed by atoms with Gasteiger partial charge < -0.3 is 24.1 Å². The van der Waals surface area contributed by atoms with Crippen LogP contribution in [0.5, 0.6) is 0 Å². The SMILES string of the molecule is CCCC(=O)O[C@H]1C[C@]2(C)[C@H]([C@H]1C(C)C)[C@H]1C=C(C)[C@H](O)[C@H](OC(C)=O)[C@@H](OC(=O)CCC)[C@]1(C)C[C@@H]2OC(=O)CC(C)C. The summed E-state index contributed by atoms with van der Waals surface area (Å²) in [5, 5.41) is 11.6. The number of rotatable bonds is 11. The van der Waals surface area contributed by atoms with Crippen molar-refractivity contribution >= 4 is 23.9 Å². The molecule has 2 saturated carbocycles. The average Bonchev–Trinajstić information content (AvgIpc) is 3.17. The number of carbonyl (C=O) groups excluding carboxylic acids is 4. The first kappa shape index (κ1) is 36.1. The zero-order valence-electron chi connectivity index (χ0n) is 28.5. The molecule has 0 aromatic heterocycles. The van der Waals surface area contributed by atoms with E-state index in [0.29, 0.717) is 37.7 Å². The molecule has 1 N–H and O–H groups in total. The molecule has 10 atom stereocenters. The molecule has 9 nitrogen and oxygen atoms in total. The third-order valence-electron chi connectivity index (χ3n) is 10.3. The molecular formula is C35H56O9. The maximum Gasteiger partial charge on any atom is 0.306 e. The molecule has 9 heteroatoms. The molecule has 3 rings (SSSR count). The zero-order chi connectivity index (χ0) is 33.1. The summed E-state index contributed by atoms with van der Waals surface area (Å²) in [6.07, 6.45) is 0.526. The Balaban J connectivity index is 2.27. The highest BCUT2D eigenvalue weighted by Gasteiger charge is 2.69. The normalized spacial score (nSPS) is 36.5. The molecule has 0 aromatic carbocycles. The molecule has 0 unspecified atom stereocenters. The first-order valence-electron chi connectivity index (χ1n) is 16.6. The number of hydrogen-bond donors (Lipinski definition) is 1. The minimum absolute atomic E-state index is 0.0995. The Bertz CT molecular complexity index is 1100. The summed E-state index contributed by atoms with van der Waals surface area (Å²) in [7, 11) is 0. The Labute approximate surface area is 263 Å². The molecule has 2 fully saturated rings. The van der Waals surface area contributed by atoms with Crippen molar-refractivity contribution in [3.63, 3.8) is 0 Å². The summed E-state index contributed by atoms with van der Waals surface area (Å²) in [4.78, 5) is 51.7. The smallest absolute Gasteiger partial charge is 0.306 e. The van der Waals surface area contributed by atoms with Crippen molar-refractivity contribution in [3.05, 3.63) is 11.6 Å². The van der Waals surface area contributed by atoms with Gasteiger partial charge in [-0.3, -0.25) is 19.2 Å². The van der Waals surface area contributed by atoms with Gasteiger partial charge in [0.2, 0.25) is 0 Å². The topological polar surface area (TPSA) is 125 Å². The second-order valence-corrected chi connectivity index (χ2v) is 14.7. The highest BCUT2D eigenvalue weighted by molar-refractivity contribution is 5.71. The van der Waals surface area contributed by atoms with Crippen molar-refractivity contribution in [2.24, 2.45) is 40.4 Å². The van der Waals surface area contributed by atoms with Crippen molar-refractivity contribution in [3.8, 4) is 0 Å². The van der Waals surface area contributed by atoms with Gasteiger partial charge in [0.15, 0.2) is 6.10 Å². The van der Waals surface area contributed by atoms with Gasteiger partial charge in [-0.2, -0.15) is 0 Å². The number of aliphatic hydroxyl groups excluding tert-OH is 1. The summed E-state index contributed by atoms with van der Waals surface area (Å²) in [6, 6.07) is 0. The number of esters is 4. The molecule has 44 heavy (non-hydrogen) atoms. The van der Waals surface area contributed by atoms with E-state index in [-0.39, 0.29) is 54.4 Å². The molecule has 250 valence electrons. The van der Waals surface area contributed by atoms with Crippen LogP contribution in [0.25, 0.3) is 0 Å². The number of aliphatic hydroxyl groups is 1. The van der Waals surface area contributed by atoms with Crippen LogP contribution in [0.4, 0.5) is 0 Å². The Hall–Kier alpha value is -2.42. The molecule has 0 bridgehead atoms. The summed E-state index contributed by atoms with van der Waals surface area (Å²) < 4.78 is 24.5. The van der Waals surface area contributed by atoms with Crippen LogP contribution in [0.1, 0.15) is 114 Å². The third-order valence-corrected chi connectivity index (χ3v) is 10.3. The molecule has 0 saturated heterocycles. The summed E-state index contributed by atoms with van der Waals surface area (Å²) in [6.45, 7) is 19.2. The third kappa shape index (κ3) is 7.34.